The summed E-state index contributed by atoms with van der Waals surface area (Å²) in [6, 6.07) is 18.7. The minimum Gasteiger partial charge on any atom is -0.493 e. The summed E-state index contributed by atoms with van der Waals surface area (Å²) in [6.45, 7) is 7.84. The van der Waals surface area contributed by atoms with Crippen molar-refractivity contribution in [1.82, 2.24) is 5.32 Å². The fourth-order valence-corrected chi connectivity index (χ4v) is 4.80. The first-order valence-electron chi connectivity index (χ1n) is 13.6. The van der Waals surface area contributed by atoms with Crippen molar-refractivity contribution in [2.45, 2.75) is 58.8 Å². The van der Waals surface area contributed by atoms with Gasteiger partial charge in [-0.3, -0.25) is 4.79 Å². The van der Waals surface area contributed by atoms with Gasteiger partial charge in [-0.05, 0) is 71.8 Å². The summed E-state index contributed by atoms with van der Waals surface area (Å²) in [4.78, 5) is 25.0. The number of amides is 1. The van der Waals surface area contributed by atoms with Crippen LogP contribution < -0.4 is 10.1 Å². The first-order valence-corrected chi connectivity index (χ1v) is 13.6. The Morgan fingerprint density at radius 2 is 1.87 bits per heavy atom. The molecule has 0 radical (unpaired) electrons. The number of carbonyl (C=O) groups excluding carboxylic acids is 1. The van der Waals surface area contributed by atoms with E-state index < -0.39 is 17.9 Å². The lowest BCUT2D eigenvalue weighted by Gasteiger charge is -2.20. The van der Waals surface area contributed by atoms with Gasteiger partial charge in [0.1, 0.15) is 17.9 Å². The minimum absolute atomic E-state index is 0.283. The van der Waals surface area contributed by atoms with E-state index in [-0.39, 0.29) is 6.10 Å². The molecule has 0 saturated heterocycles. The number of carboxylic acids is 1. The number of aryl methyl sites for hydroxylation is 1. The minimum atomic E-state index is -1.04. The lowest BCUT2D eigenvalue weighted by atomic mass is 9.93. The van der Waals surface area contributed by atoms with Gasteiger partial charge in [0.15, 0.2) is 0 Å². The summed E-state index contributed by atoms with van der Waals surface area (Å²) in [6.07, 6.45) is 1.65. The molecule has 4 rings (SSSR count). The highest BCUT2D eigenvalue weighted by atomic mass is 16.5. The van der Waals surface area contributed by atoms with Crippen molar-refractivity contribution < 1.29 is 28.9 Å². The number of hydrogen-bond acceptors (Lipinski definition) is 5. The maximum Gasteiger partial charge on any atom is 0.326 e. The van der Waals surface area contributed by atoms with E-state index >= 15 is 0 Å². The van der Waals surface area contributed by atoms with E-state index in [1.807, 2.05) is 63.2 Å². The zero-order chi connectivity index (χ0) is 27.8. The normalized spacial score (nSPS) is 13.8. The van der Waals surface area contributed by atoms with Crippen molar-refractivity contribution in [3.8, 4) is 16.9 Å². The number of rotatable bonds is 13. The number of benzene rings is 3. The van der Waals surface area contributed by atoms with E-state index in [2.05, 4.69) is 17.4 Å². The van der Waals surface area contributed by atoms with Gasteiger partial charge in [-0.25, -0.2) is 4.79 Å². The van der Waals surface area contributed by atoms with Crippen molar-refractivity contribution in [3.63, 3.8) is 0 Å². The van der Waals surface area contributed by atoms with Crippen LogP contribution in [0.15, 0.2) is 60.7 Å². The van der Waals surface area contributed by atoms with E-state index in [1.54, 1.807) is 6.07 Å². The van der Waals surface area contributed by atoms with Gasteiger partial charge in [0.25, 0.3) is 5.91 Å². The number of fused-ring (bicyclic) bond motifs is 1. The van der Waals surface area contributed by atoms with Crippen LogP contribution in [0.4, 0.5) is 0 Å². The molecule has 0 aromatic heterocycles. The summed E-state index contributed by atoms with van der Waals surface area (Å²) >= 11 is 0. The Kier molecular flexibility index (Phi) is 9.74. The van der Waals surface area contributed by atoms with E-state index in [9.17, 15) is 14.7 Å². The van der Waals surface area contributed by atoms with Gasteiger partial charge >= 0.3 is 5.97 Å². The standard InChI is InChI=1S/C32H37NO6/c1-4-8-28(32(35)36)33-31(34)26-14-11-22(17-27(26)25-10-7-6-9-21(25)3)19-39-30(20-37-5-2)24-13-12-23-15-16-38-29(23)18-24/h6-7,9-14,17-18,28,30H,4-5,8,15-16,19-20H2,1-3H3,(H,33,34)(H,35,36)/t28-,30-/m0/s1. The Hall–Kier alpha value is -3.68. The Bertz CT molecular complexity index is 1300. The summed E-state index contributed by atoms with van der Waals surface area (Å²) in [5.74, 6) is -0.545. The third-order valence-electron chi connectivity index (χ3n) is 6.96. The van der Waals surface area contributed by atoms with E-state index in [0.29, 0.717) is 44.8 Å². The van der Waals surface area contributed by atoms with Gasteiger partial charge in [-0.15, -0.1) is 0 Å². The molecule has 3 aromatic carbocycles. The van der Waals surface area contributed by atoms with Crippen molar-refractivity contribution >= 4 is 11.9 Å². The van der Waals surface area contributed by atoms with E-state index in [0.717, 1.165) is 40.0 Å². The fraction of sp³-hybridized carbons (Fsp3) is 0.375. The van der Waals surface area contributed by atoms with Crippen LogP contribution in [0.3, 0.4) is 0 Å². The number of hydrogen-bond donors (Lipinski definition) is 2. The third-order valence-corrected chi connectivity index (χ3v) is 6.96. The van der Waals surface area contributed by atoms with Crippen LogP contribution in [-0.4, -0.2) is 42.8 Å². The molecular weight excluding hydrogens is 494 g/mol. The van der Waals surface area contributed by atoms with E-state index in [1.165, 1.54) is 5.56 Å². The number of ether oxygens (including phenoxy) is 3. The first-order chi connectivity index (χ1) is 18.9. The summed E-state index contributed by atoms with van der Waals surface area (Å²) < 4.78 is 17.8. The molecule has 0 unspecified atom stereocenters. The molecule has 0 saturated carbocycles. The Morgan fingerprint density at radius 1 is 1.05 bits per heavy atom. The van der Waals surface area contributed by atoms with Gasteiger partial charge < -0.3 is 24.6 Å². The molecule has 3 aromatic rings. The molecule has 2 atom stereocenters. The molecule has 0 aliphatic carbocycles. The Balaban J connectivity index is 1.61. The predicted octanol–water partition coefficient (Wildman–Crippen LogP) is 5.87. The van der Waals surface area contributed by atoms with Gasteiger partial charge in [0.2, 0.25) is 0 Å². The largest absolute Gasteiger partial charge is 0.493 e. The SMILES string of the molecule is CCC[C@H](NC(=O)c1ccc(CO[C@@H](COCC)c2ccc3c(c2)OCC3)cc1-c1ccccc1C)C(=O)O. The molecule has 1 heterocycles. The molecule has 0 bridgehead atoms. The quantitative estimate of drug-likeness (QED) is 0.286. The van der Waals surface area contributed by atoms with Crippen molar-refractivity contribution in [2.75, 3.05) is 19.8 Å². The molecule has 7 heteroatoms. The number of carboxylic acid groups (broad SMARTS) is 1. The second-order valence-corrected chi connectivity index (χ2v) is 9.77. The average Bonchev–Trinajstić information content (AvgIpc) is 3.41. The number of carbonyl (C=O) groups is 2. The summed E-state index contributed by atoms with van der Waals surface area (Å²) in [7, 11) is 0. The van der Waals surface area contributed by atoms with Gasteiger partial charge in [-0.1, -0.05) is 55.8 Å². The topological polar surface area (TPSA) is 94.1 Å². The second-order valence-electron chi connectivity index (χ2n) is 9.77. The zero-order valence-electron chi connectivity index (χ0n) is 22.9. The third kappa shape index (κ3) is 7.05. The lowest BCUT2D eigenvalue weighted by molar-refractivity contribution is -0.139. The fourth-order valence-electron chi connectivity index (χ4n) is 4.80. The lowest BCUT2D eigenvalue weighted by Crippen LogP contribution is -2.40. The van der Waals surface area contributed by atoms with Crippen LogP contribution in [0.25, 0.3) is 11.1 Å². The van der Waals surface area contributed by atoms with Crippen molar-refractivity contribution in [3.05, 3.63) is 88.5 Å². The summed E-state index contributed by atoms with van der Waals surface area (Å²) in [5, 5.41) is 12.3. The maximum absolute atomic E-state index is 13.3. The molecule has 0 spiro atoms. The monoisotopic (exact) mass is 531 g/mol. The predicted molar refractivity (Wildman–Crippen MR) is 150 cm³/mol. The van der Waals surface area contributed by atoms with Crippen LogP contribution in [0.2, 0.25) is 0 Å². The van der Waals surface area contributed by atoms with Crippen LogP contribution in [0, 0.1) is 6.92 Å². The van der Waals surface area contributed by atoms with Crippen molar-refractivity contribution in [1.29, 1.82) is 0 Å². The van der Waals surface area contributed by atoms with Crippen molar-refractivity contribution in [2.24, 2.45) is 0 Å². The smallest absolute Gasteiger partial charge is 0.326 e. The highest BCUT2D eigenvalue weighted by molar-refractivity contribution is 6.02. The molecule has 1 aliphatic rings. The van der Waals surface area contributed by atoms with Gasteiger partial charge in [-0.2, -0.15) is 0 Å². The van der Waals surface area contributed by atoms with Gasteiger partial charge in [0.05, 0.1) is 19.8 Å². The van der Waals surface area contributed by atoms with Crippen LogP contribution in [-0.2, 0) is 27.3 Å². The van der Waals surface area contributed by atoms with Crippen LogP contribution in [0.5, 0.6) is 5.75 Å². The molecule has 2 N–H and O–H groups in total. The van der Waals surface area contributed by atoms with Crippen LogP contribution in [0.1, 0.15) is 65.4 Å². The second kappa shape index (κ2) is 13.4. The molecule has 1 aliphatic heterocycles. The molecule has 39 heavy (non-hydrogen) atoms. The Labute approximate surface area is 230 Å². The molecule has 7 nitrogen and oxygen atoms in total. The highest BCUT2D eigenvalue weighted by Crippen LogP contribution is 2.32. The van der Waals surface area contributed by atoms with Gasteiger partial charge in [0, 0.05) is 18.6 Å². The molecular formula is C32H37NO6. The zero-order valence-corrected chi connectivity index (χ0v) is 22.9. The van der Waals surface area contributed by atoms with Crippen LogP contribution >= 0.6 is 0 Å². The number of nitrogens with one attached hydrogen (secondary N) is 1. The average molecular weight is 532 g/mol. The van der Waals surface area contributed by atoms with E-state index in [4.69, 9.17) is 14.2 Å². The number of aliphatic carboxylic acids is 1. The maximum atomic E-state index is 13.3. The Morgan fingerprint density at radius 3 is 2.62 bits per heavy atom. The molecule has 206 valence electrons. The first kappa shape index (κ1) is 28.3. The molecule has 1 amide bonds. The summed E-state index contributed by atoms with van der Waals surface area (Å²) in [5.41, 5.74) is 6.18. The highest BCUT2D eigenvalue weighted by Gasteiger charge is 2.23. The molecule has 0 fully saturated rings.